The summed E-state index contributed by atoms with van der Waals surface area (Å²) in [6, 6.07) is 14.4. The predicted octanol–water partition coefficient (Wildman–Crippen LogP) is 3.42. The monoisotopic (exact) mass is 286 g/mol. The molecule has 0 saturated carbocycles. The van der Waals surface area contributed by atoms with Crippen LogP contribution in [0.4, 0.5) is 0 Å². The molecule has 0 saturated heterocycles. The van der Waals surface area contributed by atoms with Crippen LogP contribution in [0.1, 0.15) is 10.4 Å². The molecule has 0 aliphatic carbocycles. The van der Waals surface area contributed by atoms with E-state index in [4.69, 9.17) is 0 Å². The summed E-state index contributed by atoms with van der Waals surface area (Å²) in [6.07, 6.45) is 1.37. The van der Waals surface area contributed by atoms with E-state index in [9.17, 15) is 4.79 Å². The number of allylic oxidation sites excluding steroid dienone is 1. The third-order valence-electron chi connectivity index (χ3n) is 2.85. The van der Waals surface area contributed by atoms with E-state index in [0.717, 1.165) is 5.56 Å². The van der Waals surface area contributed by atoms with Gasteiger partial charge < -0.3 is 0 Å². The van der Waals surface area contributed by atoms with E-state index < -0.39 is 0 Å². The van der Waals surface area contributed by atoms with Gasteiger partial charge in [0.2, 0.25) is 0 Å². The zero-order chi connectivity index (χ0) is 11.8. The van der Waals surface area contributed by atoms with Crippen LogP contribution < -0.4 is 0 Å². The summed E-state index contributed by atoms with van der Waals surface area (Å²) >= 11 is 0.377. The third kappa shape index (κ3) is 1.66. The molecule has 0 spiro atoms. The van der Waals surface area contributed by atoms with Gasteiger partial charge in [0.05, 0.1) is 0 Å². The van der Waals surface area contributed by atoms with Crippen LogP contribution in [0.2, 0.25) is 0 Å². The van der Waals surface area contributed by atoms with Gasteiger partial charge in [-0.05, 0) is 0 Å². The van der Waals surface area contributed by atoms with Crippen molar-refractivity contribution in [3.63, 3.8) is 0 Å². The second-order valence-corrected chi connectivity index (χ2v) is 6.15. The molecule has 0 N–H and O–H groups in total. The first kappa shape index (κ1) is 10.5. The minimum atomic E-state index is -0.00955. The van der Waals surface area contributed by atoms with Crippen molar-refractivity contribution in [1.29, 1.82) is 0 Å². The van der Waals surface area contributed by atoms with E-state index in [1.165, 1.54) is 25.4 Å². The molecule has 3 rings (SSSR count). The summed E-state index contributed by atoms with van der Waals surface area (Å²) < 4.78 is 2.76. The molecular formula is C15H10OSe. The Labute approximate surface area is 105 Å². The first-order chi connectivity index (χ1) is 8.29. The molecule has 0 unspecified atom stereocenters. The van der Waals surface area contributed by atoms with Gasteiger partial charge in [-0.25, -0.2) is 0 Å². The molecule has 0 aliphatic rings. The molecule has 17 heavy (non-hydrogen) atoms. The third-order valence-corrected chi connectivity index (χ3v) is 5.26. The number of fused-ring (bicyclic) bond motifs is 3. The van der Waals surface area contributed by atoms with Gasteiger partial charge in [-0.2, -0.15) is 0 Å². The van der Waals surface area contributed by atoms with E-state index in [1.54, 1.807) is 0 Å². The number of benzene rings is 2. The van der Waals surface area contributed by atoms with Gasteiger partial charge in [-0.3, -0.25) is 0 Å². The van der Waals surface area contributed by atoms with Gasteiger partial charge >= 0.3 is 105 Å². The number of hydrogen-bond acceptors (Lipinski definition) is 1. The Morgan fingerprint density at radius 2 is 1.82 bits per heavy atom. The number of rotatable bonds is 2. The van der Waals surface area contributed by atoms with Gasteiger partial charge in [0.15, 0.2) is 0 Å². The first-order valence-corrected chi connectivity index (χ1v) is 7.09. The number of carbonyl (C=O) groups is 1. The van der Waals surface area contributed by atoms with Crippen LogP contribution in [0.15, 0.2) is 55.1 Å². The van der Waals surface area contributed by atoms with E-state index in [-0.39, 0.29) is 5.78 Å². The summed E-state index contributed by atoms with van der Waals surface area (Å²) in [5.74, 6) is -0.00955. The standard InChI is InChI=1S/C15H10OSe/c1-2-13(16)10-7-8-15-12(9-10)11-5-3-4-6-14(11)17-15/h2-9H,1H2. The van der Waals surface area contributed by atoms with Crippen LogP contribution in [-0.4, -0.2) is 20.3 Å². The molecule has 3 aromatic rings. The van der Waals surface area contributed by atoms with E-state index in [2.05, 4.69) is 30.8 Å². The summed E-state index contributed by atoms with van der Waals surface area (Å²) in [6.45, 7) is 3.53. The van der Waals surface area contributed by atoms with E-state index >= 15 is 0 Å². The Bertz CT molecular complexity index is 737. The molecular weight excluding hydrogens is 275 g/mol. The Morgan fingerprint density at radius 1 is 1.06 bits per heavy atom. The molecule has 1 heterocycles. The quantitative estimate of drug-likeness (QED) is 0.400. The van der Waals surface area contributed by atoms with Gasteiger partial charge in [0.25, 0.3) is 0 Å². The summed E-state index contributed by atoms with van der Waals surface area (Å²) in [7, 11) is 0. The fourth-order valence-electron chi connectivity index (χ4n) is 2.00. The van der Waals surface area contributed by atoms with Crippen molar-refractivity contribution in [3.8, 4) is 0 Å². The molecule has 2 heteroatoms. The van der Waals surface area contributed by atoms with Gasteiger partial charge in [-0.1, -0.05) is 0 Å². The topological polar surface area (TPSA) is 17.1 Å². The molecule has 0 fully saturated rings. The van der Waals surface area contributed by atoms with Gasteiger partial charge in [-0.15, -0.1) is 0 Å². The van der Waals surface area contributed by atoms with Gasteiger partial charge in [0.1, 0.15) is 0 Å². The molecule has 0 amide bonds. The number of ketones is 1. The van der Waals surface area contributed by atoms with Crippen LogP contribution in [0.25, 0.3) is 19.3 Å². The zero-order valence-electron chi connectivity index (χ0n) is 9.14. The Morgan fingerprint density at radius 3 is 2.65 bits per heavy atom. The summed E-state index contributed by atoms with van der Waals surface area (Å²) in [5, 5.41) is 2.49. The minimum absolute atomic E-state index is 0.00955. The second-order valence-electron chi connectivity index (χ2n) is 3.88. The maximum absolute atomic E-state index is 11.6. The number of carbonyl (C=O) groups excluding carboxylic acids is 1. The molecule has 2 aromatic carbocycles. The van der Waals surface area contributed by atoms with Crippen molar-refractivity contribution in [2.45, 2.75) is 0 Å². The molecule has 1 nitrogen and oxygen atoms in total. The Balaban J connectivity index is 2.37. The molecule has 0 bridgehead atoms. The van der Waals surface area contributed by atoms with Gasteiger partial charge in [0, 0.05) is 0 Å². The Hall–Kier alpha value is -1.63. The van der Waals surface area contributed by atoms with Crippen molar-refractivity contribution in [3.05, 3.63) is 60.7 Å². The van der Waals surface area contributed by atoms with Crippen LogP contribution in [0, 0.1) is 0 Å². The molecule has 0 aliphatic heterocycles. The average molecular weight is 285 g/mol. The predicted molar refractivity (Wildman–Crippen MR) is 72.9 cm³/mol. The molecule has 82 valence electrons. The Kier molecular flexibility index (Phi) is 2.47. The summed E-state index contributed by atoms with van der Waals surface area (Å²) in [5.41, 5.74) is 0.728. The number of hydrogen-bond donors (Lipinski definition) is 0. The zero-order valence-corrected chi connectivity index (χ0v) is 10.9. The maximum atomic E-state index is 11.6. The molecule has 1 aromatic heterocycles. The molecule has 0 atom stereocenters. The van der Waals surface area contributed by atoms with E-state index in [0.29, 0.717) is 14.5 Å². The van der Waals surface area contributed by atoms with Crippen LogP contribution in [0.3, 0.4) is 0 Å². The normalized spacial score (nSPS) is 10.8. The summed E-state index contributed by atoms with van der Waals surface area (Å²) in [4.78, 5) is 11.6. The van der Waals surface area contributed by atoms with Crippen molar-refractivity contribution in [1.82, 2.24) is 0 Å². The molecule has 0 radical (unpaired) electrons. The van der Waals surface area contributed by atoms with E-state index in [1.807, 2.05) is 18.2 Å². The first-order valence-electron chi connectivity index (χ1n) is 5.37. The van der Waals surface area contributed by atoms with Crippen molar-refractivity contribution in [2.75, 3.05) is 0 Å². The van der Waals surface area contributed by atoms with Crippen molar-refractivity contribution >= 4 is 39.6 Å². The average Bonchev–Trinajstić information content (AvgIpc) is 2.75. The van der Waals surface area contributed by atoms with Crippen LogP contribution >= 0.6 is 0 Å². The van der Waals surface area contributed by atoms with Crippen molar-refractivity contribution < 1.29 is 4.79 Å². The van der Waals surface area contributed by atoms with Crippen LogP contribution in [0.5, 0.6) is 0 Å². The SMILES string of the molecule is C=CC(=O)c1ccc2[se]c3ccccc3c2c1. The fourth-order valence-corrected chi connectivity index (χ4v) is 4.28. The van der Waals surface area contributed by atoms with Crippen molar-refractivity contribution in [2.24, 2.45) is 0 Å². The second kappa shape index (κ2) is 3.99. The fraction of sp³-hybridized carbons (Fsp3) is 0. The van der Waals surface area contributed by atoms with Crippen LogP contribution in [-0.2, 0) is 0 Å².